The second-order valence-electron chi connectivity index (χ2n) is 6.81. The highest BCUT2D eigenvalue weighted by Gasteiger charge is 2.24. The van der Waals surface area contributed by atoms with Gasteiger partial charge in [0.1, 0.15) is 11.6 Å². The molecule has 0 aliphatic carbocycles. The van der Waals surface area contributed by atoms with Crippen LogP contribution < -0.4 is 10.1 Å². The third kappa shape index (κ3) is 5.77. The predicted octanol–water partition coefficient (Wildman–Crippen LogP) is 2.31. The van der Waals surface area contributed by atoms with E-state index in [0.29, 0.717) is 12.3 Å². The number of nitrogens with one attached hydrogen (secondary N) is 1. The lowest BCUT2D eigenvalue weighted by Crippen LogP contribution is -2.48. The Morgan fingerprint density at radius 1 is 1.07 bits per heavy atom. The molecule has 0 radical (unpaired) electrons. The van der Waals surface area contributed by atoms with Gasteiger partial charge in [-0.2, -0.15) is 0 Å². The van der Waals surface area contributed by atoms with Gasteiger partial charge in [0, 0.05) is 32.7 Å². The minimum atomic E-state index is -0.254. The van der Waals surface area contributed by atoms with Gasteiger partial charge < -0.3 is 15.0 Å². The monoisotopic (exact) mass is 371 g/mol. The van der Waals surface area contributed by atoms with E-state index in [1.54, 1.807) is 12.1 Å². The first-order chi connectivity index (χ1) is 13.1. The molecule has 144 valence electrons. The van der Waals surface area contributed by atoms with Gasteiger partial charge in [-0.1, -0.05) is 30.3 Å². The number of likely N-dealkylation sites (N-methyl/N-ethyl adjacent to an activating group) is 1. The van der Waals surface area contributed by atoms with Gasteiger partial charge >= 0.3 is 0 Å². The van der Waals surface area contributed by atoms with Crippen LogP contribution in [0.5, 0.6) is 5.75 Å². The third-order valence-electron chi connectivity index (χ3n) is 4.84. The Morgan fingerprint density at radius 3 is 2.41 bits per heavy atom. The molecule has 2 aromatic rings. The summed E-state index contributed by atoms with van der Waals surface area (Å²) >= 11 is 0. The molecule has 27 heavy (non-hydrogen) atoms. The van der Waals surface area contributed by atoms with Crippen molar-refractivity contribution in [3.63, 3.8) is 0 Å². The average Bonchev–Trinajstić information content (AvgIpc) is 2.70. The zero-order valence-corrected chi connectivity index (χ0v) is 15.6. The normalized spacial score (nSPS) is 16.7. The lowest BCUT2D eigenvalue weighted by molar-refractivity contribution is -0.123. The van der Waals surface area contributed by atoms with Crippen molar-refractivity contribution < 1.29 is 13.9 Å². The number of hydrogen-bond acceptors (Lipinski definition) is 4. The number of amides is 1. The Hall–Kier alpha value is -2.44. The molecule has 1 N–H and O–H groups in total. The molecule has 1 heterocycles. The van der Waals surface area contributed by atoms with E-state index in [2.05, 4.69) is 22.2 Å². The van der Waals surface area contributed by atoms with Gasteiger partial charge in [-0.25, -0.2) is 4.39 Å². The van der Waals surface area contributed by atoms with Crippen LogP contribution in [0.25, 0.3) is 0 Å². The number of ether oxygens (including phenoxy) is 1. The van der Waals surface area contributed by atoms with Crippen molar-refractivity contribution in [1.29, 1.82) is 0 Å². The Balaban J connectivity index is 1.59. The molecule has 3 rings (SSSR count). The number of benzene rings is 2. The summed E-state index contributed by atoms with van der Waals surface area (Å²) in [6, 6.07) is 15.8. The fourth-order valence-corrected chi connectivity index (χ4v) is 3.20. The van der Waals surface area contributed by atoms with Crippen LogP contribution in [-0.4, -0.2) is 62.1 Å². The molecular weight excluding hydrogens is 345 g/mol. The summed E-state index contributed by atoms with van der Waals surface area (Å²) in [5, 5.41) is 2.96. The van der Waals surface area contributed by atoms with Crippen molar-refractivity contribution >= 4 is 5.91 Å². The van der Waals surface area contributed by atoms with Crippen LogP contribution in [0.2, 0.25) is 0 Å². The van der Waals surface area contributed by atoms with Crippen molar-refractivity contribution in [2.24, 2.45) is 0 Å². The minimum absolute atomic E-state index is 0.0139. The van der Waals surface area contributed by atoms with E-state index in [1.807, 2.05) is 30.3 Å². The van der Waals surface area contributed by atoms with Crippen molar-refractivity contribution in [3.05, 3.63) is 66.0 Å². The number of carbonyl (C=O) groups is 1. The van der Waals surface area contributed by atoms with Crippen molar-refractivity contribution in [2.45, 2.75) is 6.04 Å². The molecule has 1 atom stereocenters. The second kappa shape index (κ2) is 9.48. The number of piperazine rings is 1. The van der Waals surface area contributed by atoms with Gasteiger partial charge in [-0.15, -0.1) is 0 Å². The Bertz CT molecular complexity index is 716. The summed E-state index contributed by atoms with van der Waals surface area (Å²) in [5.41, 5.74) is 1.00. The lowest BCUT2D eigenvalue weighted by atomic mass is 10.0. The topological polar surface area (TPSA) is 44.8 Å². The number of rotatable bonds is 7. The standard InChI is InChI=1S/C21H26FN3O2/c1-24-11-13-25(14-12-24)20(17-7-9-18(22)10-8-17)15-23-21(26)16-27-19-5-3-2-4-6-19/h2-10,20H,11-16H2,1H3,(H,23,26)/t20-/m0/s1. The molecule has 0 unspecified atom stereocenters. The zero-order chi connectivity index (χ0) is 19.1. The fraction of sp³-hybridized carbons (Fsp3) is 0.381. The van der Waals surface area contributed by atoms with E-state index >= 15 is 0 Å². The first kappa shape index (κ1) is 19.3. The van der Waals surface area contributed by atoms with Crippen LogP contribution >= 0.6 is 0 Å². The Labute approximate surface area is 159 Å². The quantitative estimate of drug-likeness (QED) is 0.811. The Kier molecular flexibility index (Phi) is 6.79. The summed E-state index contributed by atoms with van der Waals surface area (Å²) in [6.45, 7) is 4.21. The van der Waals surface area contributed by atoms with E-state index in [4.69, 9.17) is 4.74 Å². The van der Waals surface area contributed by atoms with Gasteiger partial charge in [-0.3, -0.25) is 9.69 Å². The first-order valence-corrected chi connectivity index (χ1v) is 9.24. The summed E-state index contributed by atoms with van der Waals surface area (Å²) in [5.74, 6) is 0.248. The molecular formula is C21H26FN3O2. The van der Waals surface area contributed by atoms with E-state index in [-0.39, 0.29) is 24.4 Å². The number of hydrogen-bond donors (Lipinski definition) is 1. The van der Waals surface area contributed by atoms with E-state index < -0.39 is 0 Å². The van der Waals surface area contributed by atoms with E-state index in [1.165, 1.54) is 12.1 Å². The van der Waals surface area contributed by atoms with Crippen molar-refractivity contribution in [2.75, 3.05) is 46.4 Å². The maximum Gasteiger partial charge on any atom is 0.258 e. The van der Waals surface area contributed by atoms with Gasteiger partial charge in [0.05, 0.1) is 6.04 Å². The molecule has 1 fully saturated rings. The highest BCUT2D eigenvalue weighted by molar-refractivity contribution is 5.77. The fourth-order valence-electron chi connectivity index (χ4n) is 3.20. The molecule has 2 aromatic carbocycles. The first-order valence-electron chi connectivity index (χ1n) is 9.24. The SMILES string of the molecule is CN1CCN([C@@H](CNC(=O)COc2ccccc2)c2ccc(F)cc2)CC1. The molecule has 6 heteroatoms. The van der Waals surface area contributed by atoms with Gasteiger partial charge in [0.25, 0.3) is 5.91 Å². The van der Waals surface area contributed by atoms with Crippen LogP contribution in [0.15, 0.2) is 54.6 Å². The second-order valence-corrected chi connectivity index (χ2v) is 6.81. The minimum Gasteiger partial charge on any atom is -0.484 e. The molecule has 0 saturated carbocycles. The molecule has 1 aliphatic rings. The average molecular weight is 371 g/mol. The summed E-state index contributed by atoms with van der Waals surface area (Å²) in [4.78, 5) is 16.8. The highest BCUT2D eigenvalue weighted by atomic mass is 19.1. The van der Waals surface area contributed by atoms with Crippen LogP contribution in [0.1, 0.15) is 11.6 Å². The maximum absolute atomic E-state index is 13.3. The van der Waals surface area contributed by atoms with Crippen molar-refractivity contribution in [3.8, 4) is 5.75 Å². The largest absolute Gasteiger partial charge is 0.484 e. The van der Waals surface area contributed by atoms with Crippen LogP contribution in [0.4, 0.5) is 4.39 Å². The molecule has 0 spiro atoms. The predicted molar refractivity (Wildman–Crippen MR) is 103 cm³/mol. The number of nitrogens with zero attached hydrogens (tertiary/aromatic N) is 2. The summed E-state index contributed by atoms with van der Waals surface area (Å²) in [6.07, 6.45) is 0. The third-order valence-corrected chi connectivity index (χ3v) is 4.84. The molecule has 1 amide bonds. The van der Waals surface area contributed by atoms with E-state index in [0.717, 1.165) is 31.7 Å². The molecule has 1 aliphatic heterocycles. The number of carbonyl (C=O) groups excluding carboxylic acids is 1. The smallest absolute Gasteiger partial charge is 0.258 e. The van der Waals surface area contributed by atoms with Crippen LogP contribution in [0, 0.1) is 5.82 Å². The summed E-state index contributed by atoms with van der Waals surface area (Å²) in [7, 11) is 2.10. The van der Waals surface area contributed by atoms with Gasteiger partial charge in [0.15, 0.2) is 6.61 Å². The lowest BCUT2D eigenvalue weighted by Gasteiger charge is -2.38. The highest BCUT2D eigenvalue weighted by Crippen LogP contribution is 2.22. The maximum atomic E-state index is 13.3. The van der Waals surface area contributed by atoms with Gasteiger partial charge in [-0.05, 0) is 36.9 Å². The van der Waals surface area contributed by atoms with Crippen LogP contribution in [-0.2, 0) is 4.79 Å². The summed E-state index contributed by atoms with van der Waals surface area (Å²) < 4.78 is 18.8. The molecule has 0 aromatic heterocycles. The number of para-hydroxylation sites is 1. The van der Waals surface area contributed by atoms with Gasteiger partial charge in [0.2, 0.25) is 0 Å². The van der Waals surface area contributed by atoms with Crippen molar-refractivity contribution in [1.82, 2.24) is 15.1 Å². The van der Waals surface area contributed by atoms with Crippen LogP contribution in [0.3, 0.4) is 0 Å². The molecule has 0 bridgehead atoms. The zero-order valence-electron chi connectivity index (χ0n) is 15.6. The molecule has 1 saturated heterocycles. The Morgan fingerprint density at radius 2 is 1.74 bits per heavy atom. The molecule has 5 nitrogen and oxygen atoms in total. The number of halogens is 1. The van der Waals surface area contributed by atoms with E-state index in [9.17, 15) is 9.18 Å².